The van der Waals surface area contributed by atoms with Crippen LogP contribution in [-0.2, 0) is 9.53 Å². The van der Waals surface area contributed by atoms with Crippen LogP contribution in [0.2, 0.25) is 0 Å². The maximum absolute atomic E-state index is 12.9. The maximum atomic E-state index is 12.9. The van der Waals surface area contributed by atoms with Crippen molar-refractivity contribution in [2.24, 2.45) is 5.92 Å². The molecule has 0 aromatic heterocycles. The van der Waals surface area contributed by atoms with Crippen LogP contribution < -0.4 is 5.32 Å². The summed E-state index contributed by atoms with van der Waals surface area (Å²) in [6.07, 6.45) is 2.75. The Kier molecular flexibility index (Phi) is 5.34. The first-order valence-corrected chi connectivity index (χ1v) is 7.59. The van der Waals surface area contributed by atoms with E-state index in [1.165, 1.54) is 24.8 Å². The second kappa shape index (κ2) is 7.03. The molecule has 21 heavy (non-hydrogen) atoms. The van der Waals surface area contributed by atoms with Gasteiger partial charge in [0.05, 0.1) is 7.11 Å². The number of rotatable bonds is 6. The van der Waals surface area contributed by atoms with Crippen molar-refractivity contribution in [2.45, 2.75) is 51.1 Å². The minimum Gasteiger partial charge on any atom is -0.468 e. The Labute approximate surface area is 125 Å². The van der Waals surface area contributed by atoms with Gasteiger partial charge in [0, 0.05) is 6.04 Å². The highest BCUT2D eigenvalue weighted by molar-refractivity contribution is 5.75. The highest BCUT2D eigenvalue weighted by atomic mass is 19.1. The van der Waals surface area contributed by atoms with Gasteiger partial charge < -0.3 is 10.1 Å². The Bertz CT molecular complexity index is 466. The molecule has 0 spiro atoms. The SMILES string of the molecule is COC(=O)C(CC(C)C)NC1CC(c2ccc(F)cc2)C1. The molecular weight excluding hydrogens is 269 g/mol. The smallest absolute Gasteiger partial charge is 0.322 e. The number of esters is 1. The highest BCUT2D eigenvalue weighted by Crippen LogP contribution is 2.37. The zero-order chi connectivity index (χ0) is 15.4. The van der Waals surface area contributed by atoms with Crippen LogP contribution in [0.5, 0.6) is 0 Å². The van der Waals surface area contributed by atoms with Gasteiger partial charge in [0.15, 0.2) is 0 Å². The van der Waals surface area contributed by atoms with E-state index in [4.69, 9.17) is 4.74 Å². The summed E-state index contributed by atoms with van der Waals surface area (Å²) in [7, 11) is 1.43. The van der Waals surface area contributed by atoms with Crippen LogP contribution in [0.4, 0.5) is 4.39 Å². The third kappa shape index (κ3) is 4.27. The average molecular weight is 293 g/mol. The minimum absolute atomic E-state index is 0.186. The van der Waals surface area contributed by atoms with Crippen molar-refractivity contribution in [3.8, 4) is 0 Å². The molecular formula is C17H24FNO2. The zero-order valence-electron chi connectivity index (χ0n) is 12.9. The highest BCUT2D eigenvalue weighted by Gasteiger charge is 2.33. The standard InChI is InChI=1S/C17H24FNO2/c1-11(2)8-16(17(20)21-3)19-15-9-13(10-15)12-4-6-14(18)7-5-12/h4-7,11,13,15-16,19H,8-10H2,1-3H3. The van der Waals surface area contributed by atoms with Crippen molar-refractivity contribution in [1.29, 1.82) is 0 Å². The molecule has 1 fully saturated rings. The van der Waals surface area contributed by atoms with E-state index in [-0.39, 0.29) is 17.8 Å². The van der Waals surface area contributed by atoms with E-state index in [1.807, 2.05) is 12.1 Å². The molecule has 1 aliphatic carbocycles. The molecule has 1 aromatic carbocycles. The average Bonchev–Trinajstić information content (AvgIpc) is 2.41. The molecule has 2 rings (SSSR count). The molecule has 0 amide bonds. The number of carbonyl (C=O) groups is 1. The summed E-state index contributed by atoms with van der Waals surface area (Å²) in [5.74, 6) is 0.513. The number of ether oxygens (including phenoxy) is 1. The monoisotopic (exact) mass is 293 g/mol. The lowest BCUT2D eigenvalue weighted by atomic mass is 9.75. The lowest BCUT2D eigenvalue weighted by molar-refractivity contribution is -0.144. The van der Waals surface area contributed by atoms with Gasteiger partial charge in [0.25, 0.3) is 0 Å². The van der Waals surface area contributed by atoms with Crippen molar-refractivity contribution in [1.82, 2.24) is 5.32 Å². The van der Waals surface area contributed by atoms with Crippen LogP contribution in [0.3, 0.4) is 0 Å². The van der Waals surface area contributed by atoms with Crippen molar-refractivity contribution >= 4 is 5.97 Å². The molecule has 0 heterocycles. The van der Waals surface area contributed by atoms with Crippen LogP contribution in [0.25, 0.3) is 0 Å². The van der Waals surface area contributed by atoms with E-state index in [0.29, 0.717) is 17.9 Å². The molecule has 3 nitrogen and oxygen atoms in total. The number of hydrogen-bond donors (Lipinski definition) is 1. The van der Waals surface area contributed by atoms with Gasteiger partial charge in [-0.1, -0.05) is 26.0 Å². The molecule has 1 aliphatic rings. The number of nitrogens with one attached hydrogen (secondary N) is 1. The quantitative estimate of drug-likeness (QED) is 0.818. The Balaban J connectivity index is 1.85. The number of benzene rings is 1. The summed E-state index contributed by atoms with van der Waals surface area (Å²) in [5, 5.41) is 3.40. The lowest BCUT2D eigenvalue weighted by Crippen LogP contribution is -2.49. The van der Waals surface area contributed by atoms with Crippen molar-refractivity contribution < 1.29 is 13.9 Å². The van der Waals surface area contributed by atoms with Crippen LogP contribution in [0, 0.1) is 11.7 Å². The van der Waals surface area contributed by atoms with E-state index >= 15 is 0 Å². The van der Waals surface area contributed by atoms with E-state index in [1.54, 1.807) is 0 Å². The fourth-order valence-corrected chi connectivity index (χ4v) is 2.89. The minimum atomic E-state index is -0.228. The molecule has 0 bridgehead atoms. The topological polar surface area (TPSA) is 38.3 Å². The fourth-order valence-electron chi connectivity index (χ4n) is 2.89. The van der Waals surface area contributed by atoms with Crippen molar-refractivity contribution in [2.75, 3.05) is 7.11 Å². The van der Waals surface area contributed by atoms with Gasteiger partial charge in [-0.25, -0.2) is 4.39 Å². The molecule has 1 aromatic rings. The fraction of sp³-hybridized carbons (Fsp3) is 0.588. The van der Waals surface area contributed by atoms with Gasteiger partial charge >= 0.3 is 5.97 Å². The largest absolute Gasteiger partial charge is 0.468 e. The molecule has 1 N–H and O–H groups in total. The van der Waals surface area contributed by atoms with Crippen LogP contribution >= 0.6 is 0 Å². The summed E-state index contributed by atoms with van der Waals surface area (Å²) in [6, 6.07) is 6.82. The van der Waals surface area contributed by atoms with E-state index in [0.717, 1.165) is 19.3 Å². The second-order valence-corrected chi connectivity index (χ2v) is 6.29. The maximum Gasteiger partial charge on any atom is 0.322 e. The first-order chi connectivity index (χ1) is 9.99. The van der Waals surface area contributed by atoms with E-state index in [9.17, 15) is 9.18 Å². The molecule has 0 saturated heterocycles. The molecule has 1 atom stereocenters. The van der Waals surface area contributed by atoms with Gasteiger partial charge in [0.2, 0.25) is 0 Å². The summed E-state index contributed by atoms with van der Waals surface area (Å²) in [4.78, 5) is 11.8. The Morgan fingerprint density at radius 2 is 1.95 bits per heavy atom. The third-order valence-electron chi connectivity index (χ3n) is 4.11. The number of methoxy groups -OCH3 is 1. The number of halogens is 1. The molecule has 1 saturated carbocycles. The van der Waals surface area contributed by atoms with Crippen molar-refractivity contribution in [3.05, 3.63) is 35.6 Å². The summed E-state index contributed by atoms with van der Waals surface area (Å²) in [5.41, 5.74) is 1.17. The molecule has 0 radical (unpaired) electrons. The zero-order valence-corrected chi connectivity index (χ0v) is 12.9. The summed E-state index contributed by atoms with van der Waals surface area (Å²) < 4.78 is 17.8. The Morgan fingerprint density at radius 1 is 1.33 bits per heavy atom. The van der Waals surface area contributed by atoms with Gasteiger partial charge in [0.1, 0.15) is 11.9 Å². The normalized spacial score (nSPS) is 22.7. The lowest BCUT2D eigenvalue weighted by Gasteiger charge is -2.38. The molecule has 1 unspecified atom stereocenters. The van der Waals surface area contributed by atoms with Gasteiger partial charge in [-0.05, 0) is 48.8 Å². The summed E-state index contributed by atoms with van der Waals surface area (Å²) in [6.45, 7) is 4.19. The third-order valence-corrected chi connectivity index (χ3v) is 4.11. The van der Waals surface area contributed by atoms with E-state index in [2.05, 4.69) is 19.2 Å². The van der Waals surface area contributed by atoms with Gasteiger partial charge in [-0.15, -0.1) is 0 Å². The van der Waals surface area contributed by atoms with Crippen LogP contribution in [0.1, 0.15) is 44.6 Å². The van der Waals surface area contributed by atoms with Crippen molar-refractivity contribution in [3.63, 3.8) is 0 Å². The number of hydrogen-bond acceptors (Lipinski definition) is 3. The van der Waals surface area contributed by atoms with E-state index < -0.39 is 0 Å². The molecule has 116 valence electrons. The molecule has 0 aliphatic heterocycles. The van der Waals surface area contributed by atoms with Gasteiger partial charge in [-0.2, -0.15) is 0 Å². The first kappa shape index (κ1) is 16.0. The Morgan fingerprint density at radius 3 is 2.48 bits per heavy atom. The summed E-state index contributed by atoms with van der Waals surface area (Å²) >= 11 is 0. The van der Waals surface area contributed by atoms with Crippen LogP contribution in [-0.4, -0.2) is 25.2 Å². The predicted molar refractivity (Wildman–Crippen MR) is 80.6 cm³/mol. The predicted octanol–water partition coefficient (Wildman–Crippen LogP) is 3.25. The first-order valence-electron chi connectivity index (χ1n) is 7.59. The Hall–Kier alpha value is -1.42. The molecule has 4 heteroatoms. The van der Waals surface area contributed by atoms with Gasteiger partial charge in [-0.3, -0.25) is 4.79 Å². The van der Waals surface area contributed by atoms with Crippen LogP contribution in [0.15, 0.2) is 24.3 Å². The second-order valence-electron chi connectivity index (χ2n) is 6.29. The number of carbonyl (C=O) groups excluding carboxylic acids is 1.